The number of rotatable bonds is 4. The van der Waals surface area contributed by atoms with Crippen molar-refractivity contribution in [2.45, 2.75) is 13.0 Å². The van der Waals surface area contributed by atoms with E-state index in [-0.39, 0.29) is 11.7 Å². The van der Waals surface area contributed by atoms with Crippen LogP contribution in [0.4, 0.5) is 4.39 Å². The molecular formula is C15H21FN2O2. The Hall–Kier alpha value is -1.46. The molecule has 20 heavy (non-hydrogen) atoms. The summed E-state index contributed by atoms with van der Waals surface area (Å²) >= 11 is 0. The van der Waals surface area contributed by atoms with Crippen molar-refractivity contribution in [2.75, 3.05) is 39.8 Å². The van der Waals surface area contributed by atoms with E-state index in [1.54, 1.807) is 12.1 Å². The number of carbonyl (C=O) groups is 1. The number of benzene rings is 1. The molecule has 0 saturated carbocycles. The lowest BCUT2D eigenvalue weighted by Gasteiger charge is -2.33. The Balaban J connectivity index is 1.84. The highest BCUT2D eigenvalue weighted by Gasteiger charge is 2.20. The second-order valence-corrected chi connectivity index (χ2v) is 5.30. The Labute approximate surface area is 119 Å². The Bertz CT molecular complexity index is 459. The second-order valence-electron chi connectivity index (χ2n) is 5.30. The molecule has 1 heterocycles. The van der Waals surface area contributed by atoms with E-state index in [0.29, 0.717) is 6.54 Å². The molecule has 1 aromatic rings. The Morgan fingerprint density at radius 2 is 1.95 bits per heavy atom. The van der Waals surface area contributed by atoms with Gasteiger partial charge in [-0.2, -0.15) is 0 Å². The molecule has 1 aliphatic heterocycles. The van der Waals surface area contributed by atoms with Crippen LogP contribution in [0.3, 0.4) is 0 Å². The molecule has 5 heteroatoms. The molecule has 1 aromatic carbocycles. The lowest BCUT2D eigenvalue weighted by molar-refractivity contribution is 0.0203. The first-order chi connectivity index (χ1) is 9.56. The number of halogens is 1. The lowest BCUT2D eigenvalue weighted by atomic mass is 10.2. The van der Waals surface area contributed by atoms with E-state index < -0.39 is 11.8 Å². The molecule has 0 amide bonds. The van der Waals surface area contributed by atoms with E-state index in [0.717, 1.165) is 26.2 Å². The SMILES string of the molecule is C[C@H](CN1CCN(C)CC1)OC(=O)c1ccccc1F. The smallest absolute Gasteiger partial charge is 0.341 e. The van der Waals surface area contributed by atoms with Crippen molar-refractivity contribution in [1.82, 2.24) is 9.80 Å². The highest BCUT2D eigenvalue weighted by atomic mass is 19.1. The van der Waals surface area contributed by atoms with E-state index >= 15 is 0 Å². The molecule has 2 rings (SSSR count). The fourth-order valence-corrected chi connectivity index (χ4v) is 2.30. The maximum Gasteiger partial charge on any atom is 0.341 e. The van der Waals surface area contributed by atoms with Crippen LogP contribution < -0.4 is 0 Å². The summed E-state index contributed by atoms with van der Waals surface area (Å²) < 4.78 is 18.8. The van der Waals surface area contributed by atoms with Crippen molar-refractivity contribution in [2.24, 2.45) is 0 Å². The van der Waals surface area contributed by atoms with Gasteiger partial charge in [-0.25, -0.2) is 9.18 Å². The van der Waals surface area contributed by atoms with Gasteiger partial charge in [0.1, 0.15) is 11.9 Å². The topological polar surface area (TPSA) is 32.8 Å². The molecular weight excluding hydrogens is 259 g/mol. The third-order valence-corrected chi connectivity index (χ3v) is 3.51. The summed E-state index contributed by atoms with van der Waals surface area (Å²) in [5.41, 5.74) is -0.00210. The number of nitrogens with zero attached hydrogens (tertiary/aromatic N) is 2. The normalized spacial score (nSPS) is 18.8. The zero-order chi connectivity index (χ0) is 14.5. The quantitative estimate of drug-likeness (QED) is 0.785. The zero-order valence-corrected chi connectivity index (χ0v) is 12.0. The van der Waals surface area contributed by atoms with Crippen LogP contribution >= 0.6 is 0 Å². The van der Waals surface area contributed by atoms with Gasteiger partial charge < -0.3 is 9.64 Å². The first-order valence-corrected chi connectivity index (χ1v) is 6.92. The lowest BCUT2D eigenvalue weighted by Crippen LogP contribution is -2.47. The first-order valence-electron chi connectivity index (χ1n) is 6.92. The number of piperazine rings is 1. The van der Waals surface area contributed by atoms with Gasteiger partial charge in [0, 0.05) is 32.7 Å². The fourth-order valence-electron chi connectivity index (χ4n) is 2.30. The largest absolute Gasteiger partial charge is 0.458 e. The van der Waals surface area contributed by atoms with Gasteiger partial charge in [0.25, 0.3) is 0 Å². The molecule has 1 fully saturated rings. The molecule has 0 bridgehead atoms. The van der Waals surface area contributed by atoms with Gasteiger partial charge in [0.15, 0.2) is 0 Å². The second kappa shape index (κ2) is 6.81. The molecule has 0 aliphatic carbocycles. The number of esters is 1. The van der Waals surface area contributed by atoms with Crippen LogP contribution in [0.2, 0.25) is 0 Å². The highest BCUT2D eigenvalue weighted by molar-refractivity contribution is 5.89. The van der Waals surface area contributed by atoms with Crippen molar-refractivity contribution >= 4 is 5.97 Å². The molecule has 0 spiro atoms. The van der Waals surface area contributed by atoms with E-state index in [9.17, 15) is 9.18 Å². The third kappa shape index (κ3) is 4.02. The maximum atomic E-state index is 13.5. The van der Waals surface area contributed by atoms with Crippen LogP contribution in [-0.2, 0) is 4.74 Å². The van der Waals surface area contributed by atoms with Gasteiger partial charge in [-0.15, -0.1) is 0 Å². The average molecular weight is 280 g/mol. The van der Waals surface area contributed by atoms with Crippen LogP contribution in [0.5, 0.6) is 0 Å². The minimum absolute atomic E-state index is 0.00210. The Morgan fingerprint density at radius 1 is 1.30 bits per heavy atom. The van der Waals surface area contributed by atoms with Gasteiger partial charge >= 0.3 is 5.97 Å². The maximum absolute atomic E-state index is 13.5. The van der Waals surface area contributed by atoms with Gasteiger partial charge in [0.2, 0.25) is 0 Å². The van der Waals surface area contributed by atoms with E-state index in [1.807, 2.05) is 6.92 Å². The molecule has 4 nitrogen and oxygen atoms in total. The summed E-state index contributed by atoms with van der Waals surface area (Å²) in [7, 11) is 2.10. The minimum atomic E-state index is -0.593. The molecule has 110 valence electrons. The third-order valence-electron chi connectivity index (χ3n) is 3.51. The standard InChI is InChI=1S/C15H21FN2O2/c1-12(11-18-9-7-17(2)8-10-18)20-15(19)13-5-3-4-6-14(13)16/h3-6,12H,7-11H2,1-2H3/t12-/m1/s1. The fraction of sp³-hybridized carbons (Fsp3) is 0.533. The van der Waals surface area contributed by atoms with Gasteiger partial charge in [-0.1, -0.05) is 12.1 Å². The van der Waals surface area contributed by atoms with Crippen molar-refractivity contribution < 1.29 is 13.9 Å². The number of likely N-dealkylation sites (N-methyl/N-ethyl adjacent to an activating group) is 1. The van der Waals surface area contributed by atoms with Crippen LogP contribution in [0.1, 0.15) is 17.3 Å². The van der Waals surface area contributed by atoms with Crippen molar-refractivity contribution in [3.05, 3.63) is 35.6 Å². The van der Waals surface area contributed by atoms with Crippen molar-refractivity contribution in [3.63, 3.8) is 0 Å². The van der Waals surface area contributed by atoms with E-state index in [2.05, 4.69) is 16.8 Å². The molecule has 1 atom stereocenters. The number of hydrogen-bond acceptors (Lipinski definition) is 4. The van der Waals surface area contributed by atoms with Gasteiger partial charge in [-0.05, 0) is 26.1 Å². The van der Waals surface area contributed by atoms with Crippen LogP contribution in [0, 0.1) is 5.82 Å². The van der Waals surface area contributed by atoms with Crippen LogP contribution in [0.25, 0.3) is 0 Å². The van der Waals surface area contributed by atoms with Crippen molar-refractivity contribution in [1.29, 1.82) is 0 Å². The van der Waals surface area contributed by atoms with Gasteiger partial charge in [-0.3, -0.25) is 4.90 Å². The summed E-state index contributed by atoms with van der Waals surface area (Å²) in [5.74, 6) is -1.13. The Kier molecular flexibility index (Phi) is 5.09. The summed E-state index contributed by atoms with van der Waals surface area (Å²) in [6.07, 6.45) is -0.245. The summed E-state index contributed by atoms with van der Waals surface area (Å²) in [4.78, 5) is 16.4. The molecule has 0 aromatic heterocycles. The van der Waals surface area contributed by atoms with Crippen molar-refractivity contribution in [3.8, 4) is 0 Å². The number of ether oxygens (including phenoxy) is 1. The number of carbonyl (C=O) groups excluding carboxylic acids is 1. The van der Waals surface area contributed by atoms with Crippen LogP contribution in [0.15, 0.2) is 24.3 Å². The monoisotopic (exact) mass is 280 g/mol. The predicted octanol–water partition coefficient (Wildman–Crippen LogP) is 1.62. The summed E-state index contributed by atoms with van der Waals surface area (Å²) in [6.45, 7) is 6.52. The molecule has 1 saturated heterocycles. The molecule has 0 unspecified atom stereocenters. The van der Waals surface area contributed by atoms with E-state index in [4.69, 9.17) is 4.74 Å². The molecule has 0 N–H and O–H groups in total. The summed E-state index contributed by atoms with van der Waals surface area (Å²) in [6, 6.07) is 5.90. The van der Waals surface area contributed by atoms with Crippen LogP contribution in [-0.4, -0.2) is 61.6 Å². The highest BCUT2D eigenvalue weighted by Crippen LogP contribution is 2.10. The minimum Gasteiger partial charge on any atom is -0.458 e. The van der Waals surface area contributed by atoms with Gasteiger partial charge in [0.05, 0.1) is 5.56 Å². The molecule has 1 aliphatic rings. The van der Waals surface area contributed by atoms with E-state index in [1.165, 1.54) is 12.1 Å². The predicted molar refractivity (Wildman–Crippen MR) is 75.2 cm³/mol. The Morgan fingerprint density at radius 3 is 2.60 bits per heavy atom. The summed E-state index contributed by atoms with van der Waals surface area (Å²) in [5, 5.41) is 0. The number of hydrogen-bond donors (Lipinski definition) is 0. The molecule has 0 radical (unpaired) electrons. The average Bonchev–Trinajstić information content (AvgIpc) is 2.41. The first kappa shape index (κ1) is 14.9. The zero-order valence-electron chi connectivity index (χ0n) is 12.0.